The van der Waals surface area contributed by atoms with E-state index in [9.17, 15) is 0 Å². The van der Waals surface area contributed by atoms with Crippen molar-refractivity contribution < 1.29 is 4.74 Å². The molecular weight excluding hydrogens is 356 g/mol. The normalized spacial score (nSPS) is 14.7. The molecule has 25 heavy (non-hydrogen) atoms. The number of hydrogen-bond donors (Lipinski definition) is 2. The molecule has 0 atom stereocenters. The molecule has 2 aromatic carbocycles. The summed E-state index contributed by atoms with van der Waals surface area (Å²) in [6.07, 6.45) is 0. The average molecular weight is 373 g/mol. The van der Waals surface area contributed by atoms with Crippen LogP contribution in [0.2, 0.25) is 5.02 Å². The SMILES string of the molecule is CC1(C)CN(NC(=S)Nc2ccc(C#N)cc2)c2cc(Cl)ccc2O1. The second-order valence-corrected chi connectivity index (χ2v) is 7.16. The van der Waals surface area contributed by atoms with Gasteiger partial charge in [-0.3, -0.25) is 10.4 Å². The molecule has 0 aromatic heterocycles. The zero-order valence-electron chi connectivity index (χ0n) is 13.8. The van der Waals surface area contributed by atoms with Crippen LogP contribution in [0.3, 0.4) is 0 Å². The number of nitrogens with zero attached hydrogens (tertiary/aromatic N) is 2. The monoisotopic (exact) mass is 372 g/mol. The van der Waals surface area contributed by atoms with Gasteiger partial charge in [-0.2, -0.15) is 5.26 Å². The first kappa shape index (κ1) is 17.3. The van der Waals surface area contributed by atoms with Crippen molar-refractivity contribution in [2.24, 2.45) is 0 Å². The summed E-state index contributed by atoms with van der Waals surface area (Å²) in [6, 6.07) is 14.7. The van der Waals surface area contributed by atoms with Gasteiger partial charge in [-0.15, -0.1) is 0 Å². The van der Waals surface area contributed by atoms with Crippen LogP contribution in [0, 0.1) is 11.3 Å². The minimum absolute atomic E-state index is 0.377. The van der Waals surface area contributed by atoms with Crippen LogP contribution in [0.4, 0.5) is 11.4 Å². The van der Waals surface area contributed by atoms with E-state index < -0.39 is 0 Å². The number of hydrogen-bond acceptors (Lipinski definition) is 4. The lowest BCUT2D eigenvalue weighted by Gasteiger charge is -2.41. The first-order valence-electron chi connectivity index (χ1n) is 7.70. The number of halogens is 1. The molecule has 7 heteroatoms. The van der Waals surface area contributed by atoms with E-state index in [-0.39, 0.29) is 5.60 Å². The van der Waals surface area contributed by atoms with Crippen LogP contribution >= 0.6 is 23.8 Å². The Morgan fingerprint density at radius 2 is 2.00 bits per heavy atom. The van der Waals surface area contributed by atoms with Gasteiger partial charge in [-0.05, 0) is 68.5 Å². The third kappa shape index (κ3) is 4.13. The standard InChI is InChI=1S/C18H17ClN4OS/c1-18(2)11-23(15-9-13(19)5-8-16(15)24-18)22-17(25)21-14-6-3-12(10-20)4-7-14/h3-9H,11H2,1-2H3,(H2,21,22,25). The molecule has 0 bridgehead atoms. The maximum atomic E-state index is 8.85. The van der Waals surface area contributed by atoms with Crippen molar-refractivity contribution in [3.05, 3.63) is 53.1 Å². The molecule has 3 rings (SSSR count). The number of ether oxygens (including phenoxy) is 1. The van der Waals surface area contributed by atoms with Gasteiger partial charge in [0.05, 0.1) is 18.2 Å². The topological polar surface area (TPSA) is 60.3 Å². The first-order valence-corrected chi connectivity index (χ1v) is 8.49. The highest BCUT2D eigenvalue weighted by molar-refractivity contribution is 7.80. The van der Waals surface area contributed by atoms with Gasteiger partial charge < -0.3 is 10.1 Å². The summed E-state index contributed by atoms with van der Waals surface area (Å²) in [7, 11) is 0. The minimum atomic E-state index is -0.377. The first-order chi connectivity index (χ1) is 11.9. The number of rotatable bonds is 2. The van der Waals surface area contributed by atoms with Crippen LogP contribution in [-0.4, -0.2) is 17.3 Å². The fraction of sp³-hybridized carbons (Fsp3) is 0.222. The summed E-state index contributed by atoms with van der Waals surface area (Å²) >= 11 is 11.5. The van der Waals surface area contributed by atoms with E-state index in [0.29, 0.717) is 22.2 Å². The van der Waals surface area contributed by atoms with Crippen LogP contribution in [0.25, 0.3) is 0 Å². The highest BCUT2D eigenvalue weighted by Gasteiger charge is 2.32. The van der Waals surface area contributed by atoms with E-state index in [1.54, 1.807) is 30.3 Å². The highest BCUT2D eigenvalue weighted by Crippen LogP contribution is 2.37. The lowest BCUT2D eigenvalue weighted by atomic mass is 10.1. The van der Waals surface area contributed by atoms with Crippen molar-refractivity contribution in [2.75, 3.05) is 16.9 Å². The van der Waals surface area contributed by atoms with E-state index in [2.05, 4.69) is 16.8 Å². The second kappa shape index (κ2) is 6.79. The van der Waals surface area contributed by atoms with E-state index in [0.717, 1.165) is 17.1 Å². The van der Waals surface area contributed by atoms with Gasteiger partial charge in [-0.1, -0.05) is 11.6 Å². The van der Waals surface area contributed by atoms with Crippen LogP contribution in [0.5, 0.6) is 5.75 Å². The minimum Gasteiger partial charge on any atom is -0.484 e. The number of fused-ring (bicyclic) bond motifs is 1. The molecule has 0 spiro atoms. The highest BCUT2D eigenvalue weighted by atomic mass is 35.5. The number of benzene rings is 2. The van der Waals surface area contributed by atoms with Crippen molar-refractivity contribution in [1.82, 2.24) is 5.43 Å². The fourth-order valence-corrected chi connectivity index (χ4v) is 2.99. The Balaban J connectivity index is 1.76. The Morgan fingerprint density at radius 1 is 1.28 bits per heavy atom. The van der Waals surface area contributed by atoms with Crippen LogP contribution in [-0.2, 0) is 0 Å². The van der Waals surface area contributed by atoms with Crippen LogP contribution in [0.15, 0.2) is 42.5 Å². The molecule has 128 valence electrons. The Bertz CT molecular complexity index is 845. The Morgan fingerprint density at radius 3 is 2.68 bits per heavy atom. The molecule has 0 aliphatic carbocycles. The zero-order chi connectivity index (χ0) is 18.0. The van der Waals surface area contributed by atoms with Gasteiger partial charge in [0, 0.05) is 10.7 Å². The number of thiocarbonyl (C=S) groups is 1. The summed E-state index contributed by atoms with van der Waals surface area (Å²) in [4.78, 5) is 0. The lowest BCUT2D eigenvalue weighted by Crippen LogP contribution is -2.55. The molecular formula is C18H17ClN4OS. The number of hydrazine groups is 1. The van der Waals surface area contributed by atoms with Crippen molar-refractivity contribution in [1.29, 1.82) is 5.26 Å². The van der Waals surface area contributed by atoms with Gasteiger partial charge in [0.1, 0.15) is 17.0 Å². The van der Waals surface area contributed by atoms with Gasteiger partial charge in [0.2, 0.25) is 0 Å². The Labute approximate surface area is 157 Å². The van der Waals surface area contributed by atoms with E-state index in [1.807, 2.05) is 31.0 Å². The predicted molar refractivity (Wildman–Crippen MR) is 104 cm³/mol. The summed E-state index contributed by atoms with van der Waals surface area (Å²) in [5, 5.41) is 14.9. The second-order valence-electron chi connectivity index (χ2n) is 6.32. The fourth-order valence-electron chi connectivity index (χ4n) is 2.59. The molecule has 1 aliphatic rings. The van der Waals surface area contributed by atoms with Crippen molar-refractivity contribution >= 4 is 40.3 Å². The van der Waals surface area contributed by atoms with E-state index >= 15 is 0 Å². The molecule has 0 saturated carbocycles. The largest absolute Gasteiger partial charge is 0.484 e. The summed E-state index contributed by atoms with van der Waals surface area (Å²) in [5.74, 6) is 0.745. The zero-order valence-corrected chi connectivity index (χ0v) is 15.4. The maximum Gasteiger partial charge on any atom is 0.189 e. The molecule has 0 unspecified atom stereocenters. The smallest absolute Gasteiger partial charge is 0.189 e. The van der Waals surface area contributed by atoms with Crippen molar-refractivity contribution in [3.63, 3.8) is 0 Å². The molecule has 0 radical (unpaired) electrons. The maximum absolute atomic E-state index is 8.85. The van der Waals surface area contributed by atoms with Crippen molar-refractivity contribution in [2.45, 2.75) is 19.4 Å². The van der Waals surface area contributed by atoms with Gasteiger partial charge in [0.25, 0.3) is 0 Å². The summed E-state index contributed by atoms with van der Waals surface area (Å²) in [5.41, 5.74) is 5.04. The lowest BCUT2D eigenvalue weighted by molar-refractivity contribution is 0.103. The van der Waals surface area contributed by atoms with Gasteiger partial charge in [0.15, 0.2) is 5.11 Å². The average Bonchev–Trinajstić information content (AvgIpc) is 2.55. The number of anilines is 2. The Hall–Kier alpha value is -2.49. The number of nitriles is 1. The molecule has 2 aromatic rings. The van der Waals surface area contributed by atoms with Crippen LogP contribution < -0.4 is 20.5 Å². The third-order valence-corrected chi connectivity index (χ3v) is 4.07. The van der Waals surface area contributed by atoms with E-state index in [1.165, 1.54) is 0 Å². The molecule has 5 nitrogen and oxygen atoms in total. The molecule has 1 heterocycles. The summed E-state index contributed by atoms with van der Waals surface area (Å²) in [6.45, 7) is 4.61. The number of nitrogens with one attached hydrogen (secondary N) is 2. The predicted octanol–water partition coefficient (Wildman–Crippen LogP) is 4.09. The molecule has 2 N–H and O–H groups in total. The van der Waals surface area contributed by atoms with Gasteiger partial charge >= 0.3 is 0 Å². The molecule has 0 amide bonds. The third-order valence-electron chi connectivity index (χ3n) is 3.65. The molecule has 0 fully saturated rings. The Kier molecular flexibility index (Phi) is 4.71. The molecule has 1 aliphatic heterocycles. The molecule has 0 saturated heterocycles. The summed E-state index contributed by atoms with van der Waals surface area (Å²) < 4.78 is 6.00. The van der Waals surface area contributed by atoms with Gasteiger partial charge in [-0.25, -0.2) is 0 Å². The van der Waals surface area contributed by atoms with E-state index in [4.69, 9.17) is 33.8 Å². The quantitative estimate of drug-likeness (QED) is 0.774. The van der Waals surface area contributed by atoms with Crippen LogP contribution in [0.1, 0.15) is 19.4 Å². The van der Waals surface area contributed by atoms with Crippen molar-refractivity contribution in [3.8, 4) is 11.8 Å².